The first-order valence-corrected chi connectivity index (χ1v) is 5.74. The first-order valence-electron chi connectivity index (χ1n) is 5.74. The van der Waals surface area contributed by atoms with Gasteiger partial charge in [-0.2, -0.15) is 0 Å². The van der Waals surface area contributed by atoms with E-state index in [1.165, 1.54) is 0 Å². The van der Waals surface area contributed by atoms with Crippen LogP contribution in [0.1, 0.15) is 51.8 Å². The van der Waals surface area contributed by atoms with E-state index in [0.29, 0.717) is 12.4 Å². The van der Waals surface area contributed by atoms with Crippen LogP contribution in [0, 0.1) is 5.41 Å². The van der Waals surface area contributed by atoms with Crippen molar-refractivity contribution in [2.24, 2.45) is 11.1 Å². The highest BCUT2D eigenvalue weighted by atomic mass is 16.5. The minimum Gasteiger partial charge on any atom is -0.330 e. The van der Waals surface area contributed by atoms with Crippen LogP contribution < -0.4 is 11.5 Å². The van der Waals surface area contributed by atoms with E-state index in [-0.39, 0.29) is 11.3 Å². The van der Waals surface area contributed by atoms with E-state index in [1.807, 2.05) is 0 Å². The Bertz CT molecular complexity index is 367. The molecule has 1 heterocycles. The van der Waals surface area contributed by atoms with Crippen molar-refractivity contribution in [1.29, 1.82) is 0 Å². The fourth-order valence-corrected chi connectivity index (χ4v) is 2.15. The molecule has 92 valence electrons. The molecule has 0 aliphatic heterocycles. The van der Waals surface area contributed by atoms with E-state index in [1.54, 1.807) is 0 Å². The van der Waals surface area contributed by atoms with Crippen LogP contribution in [0.4, 0.5) is 0 Å². The van der Waals surface area contributed by atoms with Crippen molar-refractivity contribution >= 4 is 0 Å². The number of aromatic nitrogens is 2. The molecule has 0 aliphatic rings. The van der Waals surface area contributed by atoms with E-state index in [4.69, 9.17) is 5.73 Å². The molecule has 5 nitrogen and oxygen atoms in total. The van der Waals surface area contributed by atoms with Gasteiger partial charge < -0.3 is 5.73 Å². The van der Waals surface area contributed by atoms with Gasteiger partial charge in [0.2, 0.25) is 0 Å². The fraction of sp³-hybridized carbons (Fsp3) is 0.818. The molecule has 0 saturated heterocycles. The van der Waals surface area contributed by atoms with E-state index in [2.05, 4.69) is 35.4 Å². The van der Waals surface area contributed by atoms with Crippen molar-refractivity contribution < 1.29 is 4.52 Å². The van der Waals surface area contributed by atoms with Gasteiger partial charge in [0.05, 0.1) is 0 Å². The smallest absolute Gasteiger partial charge is 0.330 e. The third-order valence-electron chi connectivity index (χ3n) is 2.85. The highest BCUT2D eigenvalue weighted by Gasteiger charge is 2.25. The molecule has 0 saturated carbocycles. The Morgan fingerprint density at radius 1 is 1.56 bits per heavy atom. The second-order valence-electron chi connectivity index (χ2n) is 5.03. The molecule has 0 spiro atoms. The van der Waals surface area contributed by atoms with Crippen LogP contribution in [-0.4, -0.2) is 16.7 Å². The Morgan fingerprint density at radius 2 is 2.25 bits per heavy atom. The van der Waals surface area contributed by atoms with Crippen LogP contribution in [0.2, 0.25) is 0 Å². The fourth-order valence-electron chi connectivity index (χ4n) is 2.15. The van der Waals surface area contributed by atoms with Gasteiger partial charge in [0.1, 0.15) is 0 Å². The van der Waals surface area contributed by atoms with Crippen LogP contribution in [0.3, 0.4) is 0 Å². The lowest BCUT2D eigenvalue weighted by atomic mass is 9.79. The summed E-state index contributed by atoms with van der Waals surface area (Å²) in [7, 11) is 0. The minimum atomic E-state index is -0.512. The maximum absolute atomic E-state index is 10.9. The van der Waals surface area contributed by atoms with E-state index in [0.717, 1.165) is 19.3 Å². The molecule has 1 aromatic heterocycles. The van der Waals surface area contributed by atoms with E-state index < -0.39 is 5.76 Å². The zero-order valence-corrected chi connectivity index (χ0v) is 10.2. The number of hydrogen-bond acceptors (Lipinski definition) is 4. The van der Waals surface area contributed by atoms with Gasteiger partial charge in [-0.05, 0) is 18.3 Å². The summed E-state index contributed by atoms with van der Waals surface area (Å²) < 4.78 is 4.51. The normalized spacial score (nSPS) is 14.0. The van der Waals surface area contributed by atoms with Crippen molar-refractivity contribution in [3.63, 3.8) is 0 Å². The number of aromatic amines is 1. The summed E-state index contributed by atoms with van der Waals surface area (Å²) >= 11 is 0. The molecule has 16 heavy (non-hydrogen) atoms. The molecule has 5 heteroatoms. The monoisotopic (exact) mass is 227 g/mol. The Kier molecular flexibility index (Phi) is 4.29. The molecule has 1 atom stereocenters. The second kappa shape index (κ2) is 5.30. The van der Waals surface area contributed by atoms with Gasteiger partial charge in [-0.3, -0.25) is 9.51 Å². The zero-order valence-electron chi connectivity index (χ0n) is 10.2. The van der Waals surface area contributed by atoms with Crippen LogP contribution in [0.15, 0.2) is 9.32 Å². The molecule has 1 rings (SSSR count). The molecule has 0 bridgehead atoms. The average molecular weight is 227 g/mol. The Labute approximate surface area is 95.4 Å². The predicted octanol–water partition coefficient (Wildman–Crippen LogP) is 1.62. The van der Waals surface area contributed by atoms with Gasteiger partial charge in [0, 0.05) is 12.5 Å². The number of rotatable bonds is 6. The molecule has 0 amide bonds. The van der Waals surface area contributed by atoms with Crippen LogP contribution in [0.5, 0.6) is 0 Å². The number of nitrogens with one attached hydrogen (secondary N) is 1. The number of H-pyrrole nitrogens is 1. The van der Waals surface area contributed by atoms with Gasteiger partial charge >= 0.3 is 5.76 Å². The lowest BCUT2D eigenvalue weighted by Gasteiger charge is -2.27. The Balaban J connectivity index is 2.72. The summed E-state index contributed by atoms with van der Waals surface area (Å²) in [6, 6.07) is 0. The highest BCUT2D eigenvalue weighted by molar-refractivity contribution is 4.95. The summed E-state index contributed by atoms with van der Waals surface area (Å²) in [5.74, 6) is 0.117. The summed E-state index contributed by atoms with van der Waals surface area (Å²) in [5, 5.41) is 3.71. The molecule has 0 radical (unpaired) electrons. The van der Waals surface area contributed by atoms with Crippen molar-refractivity contribution in [2.45, 2.75) is 46.0 Å². The van der Waals surface area contributed by atoms with Crippen molar-refractivity contribution in [1.82, 2.24) is 10.1 Å². The summed E-state index contributed by atoms with van der Waals surface area (Å²) in [6.45, 7) is 7.04. The average Bonchev–Trinajstić information content (AvgIpc) is 2.61. The first-order chi connectivity index (χ1) is 7.48. The lowest BCUT2D eigenvalue weighted by molar-refractivity contribution is 0.272. The highest BCUT2D eigenvalue weighted by Crippen LogP contribution is 2.33. The molecule has 0 fully saturated rings. The molecular weight excluding hydrogens is 206 g/mol. The summed E-state index contributed by atoms with van der Waals surface area (Å²) in [6.07, 6.45) is 3.17. The second-order valence-corrected chi connectivity index (χ2v) is 5.03. The van der Waals surface area contributed by atoms with E-state index in [9.17, 15) is 4.79 Å². The van der Waals surface area contributed by atoms with E-state index >= 15 is 0 Å². The van der Waals surface area contributed by atoms with Crippen molar-refractivity contribution in [3.05, 3.63) is 16.4 Å². The quantitative estimate of drug-likeness (QED) is 0.773. The SMILES string of the molecule is CCCC(C)(C)CC(CN)c1noc(=O)[nH]1. The third-order valence-corrected chi connectivity index (χ3v) is 2.85. The van der Waals surface area contributed by atoms with Gasteiger partial charge in [-0.1, -0.05) is 32.3 Å². The maximum Gasteiger partial charge on any atom is 0.438 e. The van der Waals surface area contributed by atoms with Gasteiger partial charge in [-0.25, -0.2) is 4.79 Å². The lowest BCUT2D eigenvalue weighted by Crippen LogP contribution is -2.22. The van der Waals surface area contributed by atoms with Gasteiger partial charge in [0.15, 0.2) is 5.82 Å². The van der Waals surface area contributed by atoms with Gasteiger partial charge in [-0.15, -0.1) is 0 Å². The first kappa shape index (κ1) is 13.0. The third kappa shape index (κ3) is 3.48. The van der Waals surface area contributed by atoms with Crippen molar-refractivity contribution in [3.8, 4) is 0 Å². The molecular formula is C11H21N3O2. The maximum atomic E-state index is 10.9. The molecule has 0 aliphatic carbocycles. The van der Waals surface area contributed by atoms with Crippen LogP contribution in [0.25, 0.3) is 0 Å². The van der Waals surface area contributed by atoms with Crippen molar-refractivity contribution in [2.75, 3.05) is 6.54 Å². The van der Waals surface area contributed by atoms with Gasteiger partial charge in [0.25, 0.3) is 0 Å². The minimum absolute atomic E-state index is 0.0630. The topological polar surface area (TPSA) is 84.9 Å². The van der Waals surface area contributed by atoms with Crippen LogP contribution >= 0.6 is 0 Å². The Hall–Kier alpha value is -1.10. The Morgan fingerprint density at radius 3 is 2.69 bits per heavy atom. The number of hydrogen-bond donors (Lipinski definition) is 2. The zero-order chi connectivity index (χ0) is 12.2. The largest absolute Gasteiger partial charge is 0.438 e. The summed E-state index contributed by atoms with van der Waals surface area (Å²) in [5.41, 5.74) is 5.92. The standard InChI is InChI=1S/C11H21N3O2/c1-4-5-11(2,3)6-8(7-12)9-13-10(15)16-14-9/h8H,4-7,12H2,1-3H3,(H,13,14,15). The predicted molar refractivity (Wildman–Crippen MR) is 62.2 cm³/mol. The molecule has 1 unspecified atom stereocenters. The molecule has 3 N–H and O–H groups in total. The number of nitrogens with zero attached hydrogens (tertiary/aromatic N) is 1. The number of nitrogens with two attached hydrogens (primary N) is 1. The molecule has 1 aromatic rings. The van der Waals surface area contributed by atoms with Crippen LogP contribution in [-0.2, 0) is 0 Å². The summed E-state index contributed by atoms with van der Waals surface area (Å²) in [4.78, 5) is 13.5. The molecule has 0 aromatic carbocycles.